The number of ether oxygens (including phenoxy) is 1. The van der Waals surface area contributed by atoms with Crippen LogP contribution >= 0.6 is 0 Å². The number of rotatable bonds is 9. The molecule has 1 N–H and O–H groups in total. The molecule has 1 aliphatic rings. The molecule has 2 rings (SSSR count). The molecule has 0 saturated carbocycles. The molecule has 25 heavy (non-hydrogen) atoms. The third kappa shape index (κ3) is 5.57. The minimum absolute atomic E-state index is 0.113. The van der Waals surface area contributed by atoms with Gasteiger partial charge in [0.25, 0.3) is 0 Å². The molecule has 1 aliphatic heterocycles. The van der Waals surface area contributed by atoms with Crippen LogP contribution in [-0.2, 0) is 0 Å². The number of hydrogen-bond donors (Lipinski definition) is 1. The second-order valence-corrected chi connectivity index (χ2v) is 6.30. The molecule has 1 heterocycles. The number of para-hydroxylation sites is 1. The van der Waals surface area contributed by atoms with Crippen molar-refractivity contribution in [3.05, 3.63) is 29.8 Å². The Labute approximate surface area is 146 Å². The molecular weight excluding hydrogens is 336 g/mol. The van der Waals surface area contributed by atoms with Gasteiger partial charge in [-0.1, -0.05) is 44.4 Å². The van der Waals surface area contributed by atoms with Gasteiger partial charge in [0.2, 0.25) is 0 Å². The van der Waals surface area contributed by atoms with Crippen molar-refractivity contribution in [3.63, 3.8) is 0 Å². The second-order valence-electron chi connectivity index (χ2n) is 6.30. The van der Waals surface area contributed by atoms with Crippen molar-refractivity contribution < 1.29 is 22.3 Å². The number of nitrogens with zero attached hydrogens (tertiary/aromatic N) is 1. The van der Waals surface area contributed by atoms with Gasteiger partial charge in [-0.15, -0.1) is 0 Å². The van der Waals surface area contributed by atoms with Gasteiger partial charge in [-0.05, 0) is 12.5 Å². The third-order valence-corrected chi connectivity index (χ3v) is 4.45. The quantitative estimate of drug-likeness (QED) is 0.519. The first-order valence-electron chi connectivity index (χ1n) is 8.84. The highest BCUT2D eigenvalue weighted by atomic mass is 19.3. The maximum atomic E-state index is 13.4. The van der Waals surface area contributed by atoms with E-state index in [1.54, 1.807) is 12.1 Å². The Bertz CT molecular complexity index is 522. The first-order chi connectivity index (χ1) is 12.0. The van der Waals surface area contributed by atoms with Gasteiger partial charge in [-0.3, -0.25) is 4.90 Å². The smallest absolute Gasteiger partial charge is 0.428 e. The molecule has 0 bridgehead atoms. The second kappa shape index (κ2) is 9.38. The van der Waals surface area contributed by atoms with Crippen molar-refractivity contribution in [2.75, 3.05) is 26.2 Å². The first-order valence-corrected chi connectivity index (χ1v) is 8.84. The topological polar surface area (TPSA) is 24.5 Å². The van der Waals surface area contributed by atoms with E-state index in [0.717, 1.165) is 51.9 Å². The largest absolute Gasteiger partial charge is 0.461 e. The van der Waals surface area contributed by atoms with Gasteiger partial charge in [-0.2, -0.15) is 17.6 Å². The first kappa shape index (κ1) is 20.0. The Morgan fingerprint density at radius 3 is 2.48 bits per heavy atom. The van der Waals surface area contributed by atoms with Gasteiger partial charge in [0.15, 0.2) is 0 Å². The SMILES string of the molecule is CCCCC[C@H](c1ccccc1OC(F)(F)C(F)F)N1CCNCC1. The van der Waals surface area contributed by atoms with Crippen LogP contribution in [0.5, 0.6) is 5.75 Å². The van der Waals surface area contributed by atoms with Crippen molar-refractivity contribution >= 4 is 0 Å². The van der Waals surface area contributed by atoms with Gasteiger partial charge in [0, 0.05) is 37.8 Å². The highest BCUT2D eigenvalue weighted by Gasteiger charge is 2.44. The van der Waals surface area contributed by atoms with Crippen molar-refractivity contribution in [2.24, 2.45) is 0 Å². The summed E-state index contributed by atoms with van der Waals surface area (Å²) >= 11 is 0. The van der Waals surface area contributed by atoms with Crippen LogP contribution in [-0.4, -0.2) is 43.6 Å². The van der Waals surface area contributed by atoms with Crippen LogP contribution in [0.25, 0.3) is 0 Å². The molecule has 7 heteroatoms. The fraction of sp³-hybridized carbons (Fsp3) is 0.667. The van der Waals surface area contributed by atoms with E-state index in [-0.39, 0.29) is 11.8 Å². The van der Waals surface area contributed by atoms with Crippen LogP contribution in [0.1, 0.15) is 44.2 Å². The van der Waals surface area contributed by atoms with Crippen molar-refractivity contribution in [3.8, 4) is 5.75 Å². The molecular formula is C18H26F4N2O. The lowest BCUT2D eigenvalue weighted by Gasteiger charge is -2.36. The summed E-state index contributed by atoms with van der Waals surface area (Å²) in [4.78, 5) is 2.22. The summed E-state index contributed by atoms with van der Waals surface area (Å²) in [5.74, 6) is -0.159. The number of piperazine rings is 1. The van der Waals surface area contributed by atoms with Crippen molar-refractivity contribution in [1.82, 2.24) is 10.2 Å². The van der Waals surface area contributed by atoms with E-state index < -0.39 is 12.5 Å². The third-order valence-electron chi connectivity index (χ3n) is 4.45. The van der Waals surface area contributed by atoms with Crippen molar-refractivity contribution in [1.29, 1.82) is 0 Å². The molecule has 0 aromatic heterocycles. The minimum Gasteiger partial charge on any atom is -0.428 e. The molecule has 1 fully saturated rings. The Balaban J connectivity index is 2.25. The van der Waals surface area contributed by atoms with E-state index in [2.05, 4.69) is 21.9 Å². The fourth-order valence-corrected chi connectivity index (χ4v) is 3.16. The molecule has 0 spiro atoms. The number of unbranched alkanes of at least 4 members (excludes halogenated alkanes) is 2. The molecule has 3 nitrogen and oxygen atoms in total. The summed E-state index contributed by atoms with van der Waals surface area (Å²) in [6, 6.07) is 6.20. The van der Waals surface area contributed by atoms with Gasteiger partial charge >= 0.3 is 12.5 Å². The maximum Gasteiger partial charge on any atom is 0.461 e. The Morgan fingerprint density at radius 2 is 1.84 bits per heavy atom. The maximum absolute atomic E-state index is 13.4. The number of alkyl halides is 4. The van der Waals surface area contributed by atoms with Gasteiger partial charge < -0.3 is 10.1 Å². The number of halogens is 4. The average Bonchev–Trinajstić information content (AvgIpc) is 2.60. The molecule has 1 atom stereocenters. The van der Waals surface area contributed by atoms with E-state index in [1.807, 2.05) is 0 Å². The van der Waals surface area contributed by atoms with E-state index in [4.69, 9.17) is 0 Å². The van der Waals surface area contributed by atoms with Crippen LogP contribution in [0.3, 0.4) is 0 Å². The monoisotopic (exact) mass is 362 g/mol. The molecule has 1 aromatic carbocycles. The lowest BCUT2D eigenvalue weighted by molar-refractivity contribution is -0.253. The highest BCUT2D eigenvalue weighted by Crippen LogP contribution is 2.37. The number of hydrogen-bond acceptors (Lipinski definition) is 3. The lowest BCUT2D eigenvalue weighted by atomic mass is 9.97. The molecule has 0 amide bonds. The zero-order valence-electron chi connectivity index (χ0n) is 14.5. The predicted octanol–water partition coefficient (Wildman–Crippen LogP) is 4.45. The standard InChI is InChI=1S/C18H26F4N2O/c1-2-3-4-8-15(24-12-10-23-11-13-24)14-7-5-6-9-16(14)25-18(21,22)17(19)20/h5-7,9,15,17,23H,2-4,8,10-13H2,1H3/t15-/m1/s1. The highest BCUT2D eigenvalue weighted by molar-refractivity contribution is 5.36. The number of nitrogens with one attached hydrogen (secondary N) is 1. The fourth-order valence-electron chi connectivity index (χ4n) is 3.16. The number of benzene rings is 1. The molecule has 1 aromatic rings. The molecule has 0 radical (unpaired) electrons. The van der Waals surface area contributed by atoms with E-state index >= 15 is 0 Å². The summed E-state index contributed by atoms with van der Waals surface area (Å²) in [6.07, 6.45) is -4.53. The van der Waals surface area contributed by atoms with Crippen LogP contribution in [0, 0.1) is 0 Å². The van der Waals surface area contributed by atoms with Crippen LogP contribution in [0.4, 0.5) is 17.6 Å². The van der Waals surface area contributed by atoms with Gasteiger partial charge in [0.1, 0.15) is 5.75 Å². The van der Waals surface area contributed by atoms with E-state index in [1.165, 1.54) is 12.1 Å². The molecule has 142 valence electrons. The summed E-state index contributed by atoms with van der Waals surface area (Å²) < 4.78 is 56.4. The Hall–Kier alpha value is -1.34. The normalized spacial score (nSPS) is 17.7. The van der Waals surface area contributed by atoms with Crippen LogP contribution < -0.4 is 10.1 Å². The Morgan fingerprint density at radius 1 is 1.16 bits per heavy atom. The van der Waals surface area contributed by atoms with Gasteiger partial charge in [0.05, 0.1) is 0 Å². The zero-order valence-corrected chi connectivity index (χ0v) is 14.5. The summed E-state index contributed by atoms with van der Waals surface area (Å²) in [5, 5.41) is 3.26. The van der Waals surface area contributed by atoms with Crippen molar-refractivity contribution in [2.45, 2.75) is 51.2 Å². The minimum atomic E-state index is -4.49. The van der Waals surface area contributed by atoms with E-state index in [9.17, 15) is 17.6 Å². The molecule has 0 aliphatic carbocycles. The van der Waals surface area contributed by atoms with Crippen LogP contribution in [0.2, 0.25) is 0 Å². The summed E-state index contributed by atoms with van der Waals surface area (Å²) in [5.41, 5.74) is 0.556. The average molecular weight is 362 g/mol. The van der Waals surface area contributed by atoms with E-state index in [0.29, 0.717) is 5.56 Å². The zero-order chi connectivity index (χ0) is 18.3. The summed E-state index contributed by atoms with van der Waals surface area (Å²) in [7, 11) is 0. The van der Waals surface area contributed by atoms with Crippen LogP contribution in [0.15, 0.2) is 24.3 Å². The predicted molar refractivity (Wildman–Crippen MR) is 89.3 cm³/mol. The molecule has 1 saturated heterocycles. The molecule has 0 unspecified atom stereocenters. The lowest BCUT2D eigenvalue weighted by Crippen LogP contribution is -2.45. The summed E-state index contributed by atoms with van der Waals surface area (Å²) in [6.45, 7) is 5.31. The Kier molecular flexibility index (Phi) is 7.50. The van der Waals surface area contributed by atoms with Gasteiger partial charge in [-0.25, -0.2) is 0 Å².